The highest BCUT2D eigenvalue weighted by molar-refractivity contribution is 7.09. The molecule has 3 rings (SSSR count). The van der Waals surface area contributed by atoms with Crippen LogP contribution in [0.1, 0.15) is 23.1 Å². The molecule has 1 atom stereocenters. The van der Waals surface area contributed by atoms with Gasteiger partial charge < -0.3 is 9.64 Å². The Morgan fingerprint density at radius 2 is 2.16 bits per heavy atom. The van der Waals surface area contributed by atoms with Crippen molar-refractivity contribution in [3.8, 4) is 0 Å². The van der Waals surface area contributed by atoms with Gasteiger partial charge in [-0.25, -0.2) is 4.98 Å². The van der Waals surface area contributed by atoms with Crippen LogP contribution in [0, 0.1) is 13.8 Å². The van der Waals surface area contributed by atoms with E-state index in [9.17, 15) is 0 Å². The maximum absolute atomic E-state index is 5.92. The Hall–Kier alpha value is -1.46. The Bertz CT molecular complexity index is 569. The Morgan fingerprint density at radius 3 is 2.89 bits per heavy atom. The maximum atomic E-state index is 5.92. The van der Waals surface area contributed by atoms with Crippen LogP contribution in [0.3, 0.4) is 0 Å². The minimum Gasteiger partial charge on any atom is -0.370 e. The second-order valence-corrected chi connectivity index (χ2v) is 5.52. The van der Waals surface area contributed by atoms with Crippen molar-refractivity contribution in [3.05, 3.63) is 41.2 Å². The SMILES string of the molecule is Cc1nsc(N2CCOC(c3ccccc3C)C2)n1. The fourth-order valence-corrected chi connectivity index (χ4v) is 3.08. The van der Waals surface area contributed by atoms with Crippen LogP contribution in [0.4, 0.5) is 5.13 Å². The van der Waals surface area contributed by atoms with E-state index < -0.39 is 0 Å². The topological polar surface area (TPSA) is 38.2 Å². The summed E-state index contributed by atoms with van der Waals surface area (Å²) in [4.78, 5) is 6.73. The predicted molar refractivity (Wildman–Crippen MR) is 76.7 cm³/mol. The molecule has 0 aliphatic carbocycles. The molecular formula is C14H17N3OS. The quantitative estimate of drug-likeness (QED) is 0.844. The van der Waals surface area contributed by atoms with E-state index in [4.69, 9.17) is 4.74 Å². The van der Waals surface area contributed by atoms with E-state index >= 15 is 0 Å². The number of hydrogen-bond acceptors (Lipinski definition) is 5. The Labute approximate surface area is 117 Å². The van der Waals surface area contributed by atoms with E-state index in [0.717, 1.165) is 30.7 Å². The number of nitrogens with zero attached hydrogens (tertiary/aromatic N) is 3. The van der Waals surface area contributed by atoms with Crippen LogP contribution in [-0.2, 0) is 4.74 Å². The summed E-state index contributed by atoms with van der Waals surface area (Å²) in [6.07, 6.45) is 0.124. The summed E-state index contributed by atoms with van der Waals surface area (Å²) in [5.74, 6) is 0.846. The van der Waals surface area contributed by atoms with Crippen LogP contribution < -0.4 is 4.90 Å². The lowest BCUT2D eigenvalue weighted by Crippen LogP contribution is -2.38. The van der Waals surface area contributed by atoms with Gasteiger partial charge >= 0.3 is 0 Å². The van der Waals surface area contributed by atoms with E-state index in [1.165, 1.54) is 22.7 Å². The van der Waals surface area contributed by atoms with E-state index in [0.29, 0.717) is 0 Å². The fourth-order valence-electron chi connectivity index (χ4n) is 2.37. The second-order valence-electron chi connectivity index (χ2n) is 4.79. The summed E-state index contributed by atoms with van der Waals surface area (Å²) in [5, 5.41) is 0.999. The number of morpholine rings is 1. The second kappa shape index (κ2) is 5.27. The van der Waals surface area contributed by atoms with Crippen molar-refractivity contribution in [3.63, 3.8) is 0 Å². The molecule has 1 aromatic carbocycles. The van der Waals surface area contributed by atoms with Gasteiger partial charge in [0.2, 0.25) is 5.13 Å². The maximum Gasteiger partial charge on any atom is 0.205 e. The number of anilines is 1. The third kappa shape index (κ3) is 2.62. The first-order valence-electron chi connectivity index (χ1n) is 6.46. The molecule has 0 amide bonds. The first-order valence-corrected chi connectivity index (χ1v) is 7.24. The Balaban J connectivity index is 1.80. The number of benzene rings is 1. The molecule has 100 valence electrons. The largest absolute Gasteiger partial charge is 0.370 e. The van der Waals surface area contributed by atoms with Crippen LogP contribution in [-0.4, -0.2) is 29.1 Å². The molecule has 1 saturated heterocycles. The van der Waals surface area contributed by atoms with Gasteiger partial charge in [-0.05, 0) is 25.0 Å². The molecule has 0 saturated carbocycles. The minimum absolute atomic E-state index is 0.124. The van der Waals surface area contributed by atoms with Crippen molar-refractivity contribution in [2.75, 3.05) is 24.6 Å². The molecule has 19 heavy (non-hydrogen) atoms. The highest BCUT2D eigenvalue weighted by Crippen LogP contribution is 2.28. The molecule has 2 heterocycles. The highest BCUT2D eigenvalue weighted by Gasteiger charge is 2.24. The summed E-state index contributed by atoms with van der Waals surface area (Å²) in [7, 11) is 0. The van der Waals surface area contributed by atoms with Crippen molar-refractivity contribution in [2.45, 2.75) is 20.0 Å². The smallest absolute Gasteiger partial charge is 0.205 e. The zero-order chi connectivity index (χ0) is 13.2. The summed E-state index contributed by atoms with van der Waals surface area (Å²) in [6.45, 7) is 6.53. The minimum atomic E-state index is 0.124. The van der Waals surface area contributed by atoms with Gasteiger partial charge in [-0.15, -0.1) is 0 Å². The molecule has 1 unspecified atom stereocenters. The molecule has 1 aromatic heterocycles. The van der Waals surface area contributed by atoms with E-state index in [2.05, 4.69) is 45.4 Å². The lowest BCUT2D eigenvalue weighted by molar-refractivity contribution is 0.0394. The average molecular weight is 275 g/mol. The van der Waals surface area contributed by atoms with Gasteiger partial charge in [-0.1, -0.05) is 24.3 Å². The van der Waals surface area contributed by atoms with Gasteiger partial charge in [-0.2, -0.15) is 4.37 Å². The predicted octanol–water partition coefficient (Wildman–Crippen LogP) is 2.73. The summed E-state index contributed by atoms with van der Waals surface area (Å²) in [5.41, 5.74) is 2.55. The number of hydrogen-bond donors (Lipinski definition) is 0. The third-order valence-electron chi connectivity index (χ3n) is 3.39. The van der Waals surface area contributed by atoms with Crippen molar-refractivity contribution in [2.24, 2.45) is 0 Å². The van der Waals surface area contributed by atoms with Gasteiger partial charge in [0.05, 0.1) is 13.2 Å². The molecule has 5 heteroatoms. The average Bonchev–Trinajstić information content (AvgIpc) is 2.86. The zero-order valence-electron chi connectivity index (χ0n) is 11.2. The van der Waals surface area contributed by atoms with Gasteiger partial charge in [0, 0.05) is 18.1 Å². The number of aryl methyl sites for hydroxylation is 2. The molecular weight excluding hydrogens is 258 g/mol. The molecule has 2 aromatic rings. The number of ether oxygens (including phenoxy) is 1. The monoisotopic (exact) mass is 275 g/mol. The summed E-state index contributed by atoms with van der Waals surface area (Å²) < 4.78 is 10.2. The number of rotatable bonds is 2. The highest BCUT2D eigenvalue weighted by atomic mass is 32.1. The van der Waals surface area contributed by atoms with Crippen molar-refractivity contribution >= 4 is 16.7 Å². The molecule has 0 radical (unpaired) electrons. The molecule has 0 N–H and O–H groups in total. The van der Waals surface area contributed by atoms with Crippen molar-refractivity contribution in [1.82, 2.24) is 9.36 Å². The molecule has 1 fully saturated rings. The first-order chi connectivity index (χ1) is 9.24. The summed E-state index contributed by atoms with van der Waals surface area (Å²) >= 11 is 1.47. The standard InChI is InChI=1S/C14H17N3OS/c1-10-5-3-4-6-12(10)13-9-17(7-8-18-13)14-15-11(2)16-19-14/h3-6,13H,7-9H2,1-2H3. The van der Waals surface area contributed by atoms with E-state index in [1.807, 2.05) is 6.92 Å². The lowest BCUT2D eigenvalue weighted by atomic mass is 10.0. The van der Waals surface area contributed by atoms with Gasteiger partial charge in [0.25, 0.3) is 0 Å². The lowest BCUT2D eigenvalue weighted by Gasteiger charge is -2.33. The normalized spacial score (nSPS) is 19.7. The third-order valence-corrected chi connectivity index (χ3v) is 4.26. The molecule has 1 aliphatic rings. The van der Waals surface area contributed by atoms with Gasteiger partial charge in [0.15, 0.2) is 0 Å². The van der Waals surface area contributed by atoms with Crippen LogP contribution in [0.5, 0.6) is 0 Å². The van der Waals surface area contributed by atoms with E-state index in [1.54, 1.807) is 0 Å². The Kier molecular flexibility index (Phi) is 3.48. The van der Waals surface area contributed by atoms with Gasteiger partial charge in [0.1, 0.15) is 11.9 Å². The van der Waals surface area contributed by atoms with Crippen LogP contribution in [0.15, 0.2) is 24.3 Å². The zero-order valence-corrected chi connectivity index (χ0v) is 12.0. The summed E-state index contributed by atoms with van der Waals surface area (Å²) in [6, 6.07) is 8.41. The van der Waals surface area contributed by atoms with Crippen molar-refractivity contribution in [1.29, 1.82) is 0 Å². The van der Waals surface area contributed by atoms with Crippen LogP contribution >= 0.6 is 11.5 Å². The van der Waals surface area contributed by atoms with Crippen LogP contribution in [0.25, 0.3) is 0 Å². The Morgan fingerprint density at radius 1 is 1.32 bits per heavy atom. The molecule has 1 aliphatic heterocycles. The molecule has 0 bridgehead atoms. The molecule has 4 nitrogen and oxygen atoms in total. The van der Waals surface area contributed by atoms with Crippen LogP contribution in [0.2, 0.25) is 0 Å². The van der Waals surface area contributed by atoms with Crippen molar-refractivity contribution < 1.29 is 4.74 Å². The fraction of sp³-hybridized carbons (Fsp3) is 0.429. The van der Waals surface area contributed by atoms with E-state index in [-0.39, 0.29) is 6.10 Å². The molecule has 0 spiro atoms. The first kappa shape index (κ1) is 12.6. The van der Waals surface area contributed by atoms with Gasteiger partial charge in [-0.3, -0.25) is 0 Å². The number of aromatic nitrogens is 2.